The molecule has 2 aromatic carbocycles. The minimum absolute atomic E-state index is 0.0997. The molecule has 0 fully saturated rings. The van der Waals surface area contributed by atoms with E-state index in [2.05, 4.69) is 4.74 Å². The van der Waals surface area contributed by atoms with Crippen LogP contribution < -0.4 is 4.74 Å². The molecule has 0 spiro atoms. The van der Waals surface area contributed by atoms with Gasteiger partial charge in [-0.05, 0) is 24.3 Å². The molecule has 2 aliphatic heterocycles. The Bertz CT molecular complexity index is 884. The van der Waals surface area contributed by atoms with Crippen LogP contribution in [0, 0.1) is 0 Å². The van der Waals surface area contributed by atoms with Gasteiger partial charge in [-0.2, -0.15) is 0 Å². The molecule has 2 aliphatic rings. The normalized spacial score (nSPS) is 18.3. The molecule has 0 aliphatic carbocycles. The number of aliphatic hydroxyl groups excluding tert-OH is 1. The Morgan fingerprint density at radius 3 is 2.57 bits per heavy atom. The first-order chi connectivity index (χ1) is 11.0. The van der Waals surface area contributed by atoms with Gasteiger partial charge in [0, 0.05) is 5.56 Å². The molecule has 2 heterocycles. The largest absolute Gasteiger partial charge is 0.456 e. The summed E-state index contributed by atoms with van der Waals surface area (Å²) in [5, 5.41) is 9.64. The number of carbonyl (C=O) groups is 3. The minimum atomic E-state index is -1.33. The molecular weight excluding hydrogens is 304 g/mol. The number of hydrogen-bond donors (Lipinski definition) is 1. The zero-order chi connectivity index (χ0) is 16.1. The standard InChI is InChI=1S/C16H8O7/c17-13-8-5-4-7(6-10(8)15(19)22-13)21-11-3-1-2-9-12(11)16(20)23-14(9)18/h1-6,14,18H. The van der Waals surface area contributed by atoms with Crippen molar-refractivity contribution in [3.05, 3.63) is 58.7 Å². The van der Waals surface area contributed by atoms with Gasteiger partial charge in [0.15, 0.2) is 0 Å². The highest BCUT2D eigenvalue weighted by Gasteiger charge is 2.33. The van der Waals surface area contributed by atoms with Crippen LogP contribution in [0.15, 0.2) is 36.4 Å². The second kappa shape index (κ2) is 4.65. The molecule has 114 valence electrons. The fourth-order valence-electron chi connectivity index (χ4n) is 2.54. The van der Waals surface area contributed by atoms with Crippen molar-refractivity contribution in [3.63, 3.8) is 0 Å². The summed E-state index contributed by atoms with van der Waals surface area (Å²) in [6.45, 7) is 0. The first-order valence-corrected chi connectivity index (χ1v) is 6.65. The third kappa shape index (κ3) is 1.98. The molecule has 7 heteroatoms. The van der Waals surface area contributed by atoms with Gasteiger partial charge in [0.25, 0.3) is 0 Å². The Morgan fingerprint density at radius 2 is 1.74 bits per heavy atom. The van der Waals surface area contributed by atoms with Crippen LogP contribution in [0.4, 0.5) is 0 Å². The van der Waals surface area contributed by atoms with Crippen LogP contribution in [0.1, 0.15) is 42.9 Å². The van der Waals surface area contributed by atoms with Crippen molar-refractivity contribution in [2.75, 3.05) is 0 Å². The van der Waals surface area contributed by atoms with E-state index in [4.69, 9.17) is 9.47 Å². The zero-order valence-corrected chi connectivity index (χ0v) is 11.4. The van der Waals surface area contributed by atoms with E-state index in [0.717, 1.165) is 0 Å². The summed E-state index contributed by atoms with van der Waals surface area (Å²) in [4.78, 5) is 34.8. The Balaban J connectivity index is 1.74. The van der Waals surface area contributed by atoms with E-state index in [1.807, 2.05) is 0 Å². The van der Waals surface area contributed by atoms with Gasteiger partial charge in [-0.15, -0.1) is 0 Å². The van der Waals surface area contributed by atoms with Gasteiger partial charge in [-0.25, -0.2) is 14.4 Å². The first kappa shape index (κ1) is 13.5. The number of carbonyl (C=O) groups excluding carboxylic acids is 3. The summed E-state index contributed by atoms with van der Waals surface area (Å²) in [5.74, 6) is -1.72. The van der Waals surface area contributed by atoms with Crippen LogP contribution in [0.2, 0.25) is 0 Å². The maximum absolute atomic E-state index is 11.8. The Hall–Kier alpha value is -3.19. The zero-order valence-electron chi connectivity index (χ0n) is 11.4. The van der Waals surface area contributed by atoms with E-state index in [1.54, 1.807) is 12.1 Å². The van der Waals surface area contributed by atoms with Crippen molar-refractivity contribution in [3.8, 4) is 11.5 Å². The van der Waals surface area contributed by atoms with Crippen molar-refractivity contribution >= 4 is 17.9 Å². The Kier molecular flexibility index (Phi) is 2.73. The summed E-state index contributed by atoms with van der Waals surface area (Å²) >= 11 is 0. The lowest BCUT2D eigenvalue weighted by molar-refractivity contribution is -0.0548. The molecule has 23 heavy (non-hydrogen) atoms. The molecule has 1 atom stereocenters. The third-order valence-corrected chi connectivity index (χ3v) is 3.59. The fraction of sp³-hybridized carbons (Fsp3) is 0.0625. The maximum atomic E-state index is 11.8. The van der Waals surface area contributed by atoms with Crippen molar-refractivity contribution in [2.45, 2.75) is 6.29 Å². The number of benzene rings is 2. The SMILES string of the molecule is O=C1OC(=O)c2cc(Oc3cccc4c3C(=O)OC4O)ccc21. The Morgan fingerprint density at radius 1 is 0.957 bits per heavy atom. The predicted octanol–water partition coefficient (Wildman–Crippen LogP) is 1.95. The lowest BCUT2D eigenvalue weighted by Crippen LogP contribution is -1.99. The van der Waals surface area contributed by atoms with Crippen LogP contribution in [-0.2, 0) is 9.47 Å². The fourth-order valence-corrected chi connectivity index (χ4v) is 2.54. The van der Waals surface area contributed by atoms with Gasteiger partial charge in [-0.1, -0.05) is 12.1 Å². The van der Waals surface area contributed by atoms with Crippen molar-refractivity contribution < 1.29 is 33.7 Å². The first-order valence-electron chi connectivity index (χ1n) is 6.65. The molecule has 1 N–H and O–H groups in total. The minimum Gasteiger partial charge on any atom is -0.456 e. The second-order valence-corrected chi connectivity index (χ2v) is 4.96. The molecule has 2 aromatic rings. The summed E-state index contributed by atoms with van der Waals surface area (Å²) in [6, 6.07) is 8.94. The van der Waals surface area contributed by atoms with Crippen LogP contribution in [0.25, 0.3) is 0 Å². The molecule has 0 amide bonds. The number of ether oxygens (including phenoxy) is 3. The van der Waals surface area contributed by atoms with Crippen molar-refractivity contribution in [2.24, 2.45) is 0 Å². The van der Waals surface area contributed by atoms with Crippen LogP contribution in [0.3, 0.4) is 0 Å². The molecule has 0 bridgehead atoms. The van der Waals surface area contributed by atoms with E-state index >= 15 is 0 Å². The van der Waals surface area contributed by atoms with E-state index in [0.29, 0.717) is 5.56 Å². The van der Waals surface area contributed by atoms with Crippen LogP contribution in [-0.4, -0.2) is 23.0 Å². The number of hydrogen-bond acceptors (Lipinski definition) is 7. The molecule has 1 unspecified atom stereocenters. The van der Waals surface area contributed by atoms with E-state index in [-0.39, 0.29) is 28.2 Å². The smallest absolute Gasteiger partial charge is 0.347 e. The van der Waals surface area contributed by atoms with Gasteiger partial charge in [0.2, 0.25) is 6.29 Å². The molecule has 0 aromatic heterocycles. The molecule has 7 nitrogen and oxygen atoms in total. The highest BCUT2D eigenvalue weighted by atomic mass is 16.6. The van der Waals surface area contributed by atoms with Crippen LogP contribution >= 0.6 is 0 Å². The topological polar surface area (TPSA) is 99.1 Å². The average Bonchev–Trinajstić information content (AvgIpc) is 2.97. The quantitative estimate of drug-likeness (QED) is 0.668. The monoisotopic (exact) mass is 312 g/mol. The summed E-state index contributed by atoms with van der Waals surface area (Å²) in [5.41, 5.74) is 0.695. The number of rotatable bonds is 2. The van der Waals surface area contributed by atoms with Crippen LogP contribution in [0.5, 0.6) is 11.5 Å². The number of cyclic esters (lactones) is 3. The molecule has 0 radical (unpaired) electrons. The van der Waals surface area contributed by atoms with Crippen molar-refractivity contribution in [1.29, 1.82) is 0 Å². The van der Waals surface area contributed by atoms with Gasteiger partial charge < -0.3 is 19.3 Å². The van der Waals surface area contributed by atoms with Gasteiger partial charge in [-0.3, -0.25) is 0 Å². The number of aliphatic hydroxyl groups is 1. The lowest BCUT2D eigenvalue weighted by Gasteiger charge is -2.08. The highest BCUT2D eigenvalue weighted by Crippen LogP contribution is 2.37. The van der Waals surface area contributed by atoms with E-state index in [1.165, 1.54) is 24.3 Å². The maximum Gasteiger partial charge on any atom is 0.347 e. The van der Waals surface area contributed by atoms with Gasteiger partial charge in [0.05, 0.1) is 11.1 Å². The van der Waals surface area contributed by atoms with Crippen molar-refractivity contribution in [1.82, 2.24) is 0 Å². The number of esters is 3. The second-order valence-electron chi connectivity index (χ2n) is 4.96. The molecular formula is C16H8O7. The number of fused-ring (bicyclic) bond motifs is 2. The summed E-state index contributed by atoms with van der Waals surface area (Å²) in [6.07, 6.45) is -1.33. The van der Waals surface area contributed by atoms with E-state index in [9.17, 15) is 19.5 Å². The average molecular weight is 312 g/mol. The summed E-state index contributed by atoms with van der Waals surface area (Å²) in [7, 11) is 0. The van der Waals surface area contributed by atoms with Gasteiger partial charge >= 0.3 is 17.9 Å². The third-order valence-electron chi connectivity index (χ3n) is 3.59. The van der Waals surface area contributed by atoms with E-state index < -0.39 is 24.2 Å². The lowest BCUT2D eigenvalue weighted by atomic mass is 10.1. The highest BCUT2D eigenvalue weighted by molar-refractivity contribution is 6.14. The predicted molar refractivity (Wildman–Crippen MR) is 73.1 cm³/mol. The molecule has 4 rings (SSSR count). The summed E-state index contributed by atoms with van der Waals surface area (Å²) < 4.78 is 14.9. The molecule has 0 saturated carbocycles. The van der Waals surface area contributed by atoms with Gasteiger partial charge in [0.1, 0.15) is 17.1 Å². The molecule has 0 saturated heterocycles. The Labute approximate surface area is 129 Å².